The molecule has 1 aromatic carbocycles. The van der Waals surface area contributed by atoms with E-state index in [0.29, 0.717) is 13.0 Å². The molecule has 0 saturated heterocycles. The number of fused-ring (bicyclic) bond motifs is 1. The topological polar surface area (TPSA) is 57.8 Å². The monoisotopic (exact) mass is 389 g/mol. The van der Waals surface area contributed by atoms with Gasteiger partial charge in [-0.25, -0.2) is 0 Å². The fourth-order valence-corrected chi connectivity index (χ4v) is 4.38. The van der Waals surface area contributed by atoms with Crippen molar-refractivity contribution in [2.45, 2.75) is 32.2 Å². The summed E-state index contributed by atoms with van der Waals surface area (Å²) in [6.45, 7) is 2.66. The number of hydrogen-bond donors (Lipinski definition) is 2. The van der Waals surface area contributed by atoms with Crippen molar-refractivity contribution in [3.8, 4) is 0 Å². The largest absolute Gasteiger partial charge is 0.361 e. The first kappa shape index (κ1) is 18.4. The van der Waals surface area contributed by atoms with Gasteiger partial charge < -0.3 is 10.3 Å². The third kappa shape index (κ3) is 3.85. The molecule has 0 radical (unpaired) electrons. The van der Waals surface area contributed by atoms with Crippen molar-refractivity contribution in [3.05, 3.63) is 88.0 Å². The second-order valence-electron chi connectivity index (χ2n) is 6.89. The lowest BCUT2D eigenvalue weighted by Gasteiger charge is -2.16. The third-order valence-electron chi connectivity index (χ3n) is 5.14. The summed E-state index contributed by atoms with van der Waals surface area (Å²) in [6, 6.07) is 12.4. The van der Waals surface area contributed by atoms with Crippen LogP contribution in [0.15, 0.2) is 65.7 Å². The van der Waals surface area contributed by atoms with Crippen molar-refractivity contribution in [1.82, 2.24) is 15.3 Å². The summed E-state index contributed by atoms with van der Waals surface area (Å²) in [7, 11) is 0. The lowest BCUT2D eigenvalue weighted by molar-refractivity contribution is -0.121. The number of para-hydroxylation sites is 1. The van der Waals surface area contributed by atoms with Crippen molar-refractivity contribution in [1.29, 1.82) is 0 Å². The molecule has 0 bridgehead atoms. The van der Waals surface area contributed by atoms with Gasteiger partial charge in [0.1, 0.15) is 0 Å². The molecule has 4 aromatic rings. The van der Waals surface area contributed by atoms with Gasteiger partial charge in [0.25, 0.3) is 0 Å². The first-order chi connectivity index (χ1) is 13.8. The SMILES string of the molecule is CCc1cccc2c(C(CC(=O)NCc3cccnc3)c3ccsc3)c[nH]c12. The average Bonchev–Trinajstić information content (AvgIpc) is 3.41. The Morgan fingerprint density at radius 3 is 2.93 bits per heavy atom. The first-order valence-electron chi connectivity index (χ1n) is 9.52. The van der Waals surface area contributed by atoms with Gasteiger partial charge >= 0.3 is 0 Å². The standard InChI is InChI=1S/C23H23N3OS/c1-2-17-6-3-7-19-21(14-26-23(17)19)20(18-8-10-28-15-18)11-22(27)25-13-16-5-4-9-24-12-16/h3-10,12,14-15,20,26H,2,11,13H2,1H3,(H,25,27). The Labute approximate surface area is 168 Å². The van der Waals surface area contributed by atoms with E-state index in [2.05, 4.69) is 63.4 Å². The van der Waals surface area contributed by atoms with Crippen molar-refractivity contribution in [3.63, 3.8) is 0 Å². The summed E-state index contributed by atoms with van der Waals surface area (Å²) in [5.41, 5.74) is 5.84. The maximum absolute atomic E-state index is 12.7. The van der Waals surface area contributed by atoms with Crippen LogP contribution in [-0.4, -0.2) is 15.9 Å². The molecule has 3 aromatic heterocycles. The summed E-state index contributed by atoms with van der Waals surface area (Å²) in [5, 5.41) is 8.45. The van der Waals surface area contributed by atoms with Gasteiger partial charge in [-0.15, -0.1) is 0 Å². The van der Waals surface area contributed by atoms with Crippen LogP contribution < -0.4 is 5.32 Å². The number of thiophene rings is 1. The highest BCUT2D eigenvalue weighted by atomic mass is 32.1. The predicted octanol–water partition coefficient (Wildman–Crippen LogP) is 5.03. The van der Waals surface area contributed by atoms with Crippen LogP contribution in [0.1, 0.15) is 41.5 Å². The Hall–Kier alpha value is -2.92. The number of nitrogens with one attached hydrogen (secondary N) is 2. The highest BCUT2D eigenvalue weighted by Gasteiger charge is 2.22. The minimum Gasteiger partial charge on any atom is -0.361 e. The van der Waals surface area contributed by atoms with Crippen LogP contribution in [0.3, 0.4) is 0 Å². The number of aryl methyl sites for hydroxylation is 1. The molecule has 0 aliphatic carbocycles. The average molecular weight is 390 g/mol. The number of hydrogen-bond acceptors (Lipinski definition) is 3. The quantitative estimate of drug-likeness (QED) is 0.466. The third-order valence-corrected chi connectivity index (χ3v) is 5.84. The lowest BCUT2D eigenvalue weighted by atomic mass is 9.89. The van der Waals surface area contributed by atoms with E-state index in [0.717, 1.165) is 12.0 Å². The smallest absolute Gasteiger partial charge is 0.221 e. The molecule has 4 nitrogen and oxygen atoms in total. The number of aromatic nitrogens is 2. The highest BCUT2D eigenvalue weighted by Crippen LogP contribution is 2.35. The molecule has 0 fully saturated rings. The van der Waals surface area contributed by atoms with E-state index in [4.69, 9.17) is 0 Å². The molecule has 0 spiro atoms. The molecule has 4 rings (SSSR count). The molecule has 1 atom stereocenters. The van der Waals surface area contributed by atoms with Crippen molar-refractivity contribution in [2.75, 3.05) is 0 Å². The molecule has 0 aliphatic rings. The lowest BCUT2D eigenvalue weighted by Crippen LogP contribution is -2.24. The van der Waals surface area contributed by atoms with Crippen molar-refractivity contribution in [2.24, 2.45) is 0 Å². The summed E-state index contributed by atoms with van der Waals surface area (Å²) < 4.78 is 0. The van der Waals surface area contributed by atoms with Gasteiger partial charge in [-0.3, -0.25) is 9.78 Å². The number of amides is 1. The second-order valence-corrected chi connectivity index (χ2v) is 7.67. The maximum Gasteiger partial charge on any atom is 0.221 e. The van der Waals surface area contributed by atoms with Gasteiger partial charge in [-0.2, -0.15) is 11.3 Å². The highest BCUT2D eigenvalue weighted by molar-refractivity contribution is 7.08. The van der Waals surface area contributed by atoms with E-state index in [1.807, 2.05) is 12.1 Å². The van der Waals surface area contributed by atoms with Crippen LogP contribution in [0.5, 0.6) is 0 Å². The Kier molecular flexibility index (Phi) is 5.53. The number of carbonyl (C=O) groups excluding carboxylic acids is 1. The zero-order valence-electron chi connectivity index (χ0n) is 15.8. The number of carbonyl (C=O) groups is 1. The first-order valence-corrected chi connectivity index (χ1v) is 10.5. The van der Waals surface area contributed by atoms with Crippen LogP contribution in [0.2, 0.25) is 0 Å². The molecule has 3 heterocycles. The minimum absolute atomic E-state index is 0.0287. The van der Waals surface area contributed by atoms with Gasteiger partial charge in [0.2, 0.25) is 5.91 Å². The fraction of sp³-hybridized carbons (Fsp3) is 0.217. The number of rotatable bonds is 7. The van der Waals surface area contributed by atoms with E-state index in [1.54, 1.807) is 23.7 Å². The Balaban J connectivity index is 1.59. The van der Waals surface area contributed by atoms with Crippen LogP contribution in [0, 0.1) is 0 Å². The normalized spacial score (nSPS) is 12.2. The minimum atomic E-state index is 0.0287. The van der Waals surface area contributed by atoms with E-state index < -0.39 is 0 Å². The Morgan fingerprint density at radius 2 is 2.18 bits per heavy atom. The summed E-state index contributed by atoms with van der Waals surface area (Å²) in [5.74, 6) is 0.0713. The molecular weight excluding hydrogens is 366 g/mol. The second kappa shape index (κ2) is 8.40. The van der Waals surface area contributed by atoms with E-state index in [-0.39, 0.29) is 11.8 Å². The molecule has 2 N–H and O–H groups in total. The molecule has 0 saturated carbocycles. The van der Waals surface area contributed by atoms with Crippen LogP contribution >= 0.6 is 11.3 Å². The molecule has 0 aliphatic heterocycles. The van der Waals surface area contributed by atoms with E-state index in [1.165, 1.54) is 27.6 Å². The summed E-state index contributed by atoms with van der Waals surface area (Å²) >= 11 is 1.67. The number of benzene rings is 1. The zero-order chi connectivity index (χ0) is 19.3. The summed E-state index contributed by atoms with van der Waals surface area (Å²) in [6.07, 6.45) is 6.98. The molecule has 142 valence electrons. The van der Waals surface area contributed by atoms with Crippen molar-refractivity contribution < 1.29 is 4.79 Å². The number of aromatic amines is 1. The van der Waals surface area contributed by atoms with Crippen LogP contribution in [0.25, 0.3) is 10.9 Å². The Morgan fingerprint density at radius 1 is 1.25 bits per heavy atom. The van der Waals surface area contributed by atoms with Crippen LogP contribution in [0.4, 0.5) is 0 Å². The van der Waals surface area contributed by atoms with Gasteiger partial charge in [-0.1, -0.05) is 31.2 Å². The Bertz CT molecular complexity index is 1050. The van der Waals surface area contributed by atoms with Gasteiger partial charge in [-0.05, 0) is 51.6 Å². The number of pyridine rings is 1. The fourth-order valence-electron chi connectivity index (χ4n) is 3.66. The maximum atomic E-state index is 12.7. The van der Waals surface area contributed by atoms with E-state index >= 15 is 0 Å². The zero-order valence-corrected chi connectivity index (χ0v) is 16.6. The number of nitrogens with zero attached hydrogens (tertiary/aromatic N) is 1. The molecule has 28 heavy (non-hydrogen) atoms. The summed E-state index contributed by atoms with van der Waals surface area (Å²) in [4.78, 5) is 20.3. The van der Waals surface area contributed by atoms with Gasteiger partial charge in [0.05, 0.1) is 0 Å². The van der Waals surface area contributed by atoms with E-state index in [9.17, 15) is 4.79 Å². The molecular formula is C23H23N3OS. The molecule has 1 unspecified atom stereocenters. The van der Waals surface area contributed by atoms with Crippen molar-refractivity contribution >= 4 is 28.1 Å². The predicted molar refractivity (Wildman–Crippen MR) is 115 cm³/mol. The van der Waals surface area contributed by atoms with Gasteiger partial charge in [0, 0.05) is 48.4 Å². The number of H-pyrrole nitrogens is 1. The molecule has 1 amide bonds. The van der Waals surface area contributed by atoms with Crippen LogP contribution in [-0.2, 0) is 17.8 Å². The van der Waals surface area contributed by atoms with Gasteiger partial charge in [0.15, 0.2) is 0 Å². The molecule has 5 heteroatoms.